The molecule has 8 nitrogen and oxygen atoms in total. The van der Waals surface area contributed by atoms with Gasteiger partial charge in [-0.1, -0.05) is 232 Å². The van der Waals surface area contributed by atoms with E-state index in [0.29, 0.717) is 17.4 Å². The van der Waals surface area contributed by atoms with Gasteiger partial charge in [-0.15, -0.1) is 0 Å². The van der Waals surface area contributed by atoms with Crippen LogP contribution in [0, 0.1) is 0 Å². The first kappa shape index (κ1) is 68.2. The van der Waals surface area contributed by atoms with E-state index in [4.69, 9.17) is 9.05 Å². The molecule has 0 fully saturated rings. The summed E-state index contributed by atoms with van der Waals surface area (Å²) in [4.78, 5) is 25.5. The van der Waals surface area contributed by atoms with Gasteiger partial charge in [0.25, 0.3) is 7.82 Å². The number of hydrogen-bond donors (Lipinski definition) is 2. The van der Waals surface area contributed by atoms with Crippen molar-refractivity contribution < 1.29 is 32.9 Å². The molecule has 0 aromatic carbocycles. The molecule has 0 aliphatic carbocycles. The van der Waals surface area contributed by atoms with E-state index in [9.17, 15) is 19.4 Å². The largest absolute Gasteiger partial charge is 0.756 e. The summed E-state index contributed by atoms with van der Waals surface area (Å²) >= 11 is 0. The number of carbonyl (C=O) groups is 1. The quantitative estimate of drug-likeness (QED) is 0.0272. The van der Waals surface area contributed by atoms with Gasteiger partial charge in [0, 0.05) is 6.42 Å². The SMILES string of the molecule is CC/C=C\C/C=C\C/C=C\C/C=C\C/C=C\C/C=C\CCCCCCCCCCCCCCC(=O)NC(COP(=O)([O-])OCC[N+](C)(C)C)C(O)/C=C/CC/C=C/CC/C=C/CCCCCCCCCC. The molecule has 71 heavy (non-hydrogen) atoms. The first-order chi connectivity index (χ1) is 34.5. The second-order valence-corrected chi connectivity index (χ2v) is 21.7. The van der Waals surface area contributed by atoms with Crippen LogP contribution in [0.5, 0.6) is 0 Å². The molecule has 0 aliphatic heterocycles. The third-order valence-corrected chi connectivity index (χ3v) is 13.2. The fourth-order valence-electron chi connectivity index (χ4n) is 7.72. The van der Waals surface area contributed by atoms with E-state index in [-0.39, 0.29) is 12.5 Å². The normalized spacial score (nSPS) is 14.7. The predicted octanol–water partition coefficient (Wildman–Crippen LogP) is 17.0. The summed E-state index contributed by atoms with van der Waals surface area (Å²) in [7, 11) is 1.22. The van der Waals surface area contributed by atoms with Gasteiger partial charge in [-0.05, 0) is 96.3 Å². The zero-order valence-electron chi connectivity index (χ0n) is 46.4. The average Bonchev–Trinajstić information content (AvgIpc) is 3.33. The summed E-state index contributed by atoms with van der Waals surface area (Å²) in [5, 5.41) is 13.8. The van der Waals surface area contributed by atoms with E-state index in [2.05, 4.69) is 116 Å². The fraction of sp³-hybridized carbons (Fsp3) is 0.694. The summed E-state index contributed by atoms with van der Waals surface area (Å²) in [6.07, 6.45) is 75.9. The van der Waals surface area contributed by atoms with Crippen molar-refractivity contribution in [2.45, 2.75) is 238 Å². The molecule has 0 saturated carbocycles. The summed E-state index contributed by atoms with van der Waals surface area (Å²) < 4.78 is 23.3. The molecule has 2 N–H and O–H groups in total. The lowest BCUT2D eigenvalue weighted by atomic mass is 10.0. The summed E-state index contributed by atoms with van der Waals surface area (Å²) in [5.41, 5.74) is 0. The van der Waals surface area contributed by atoms with Crippen molar-refractivity contribution in [3.05, 3.63) is 109 Å². The highest BCUT2D eigenvalue weighted by molar-refractivity contribution is 7.45. The van der Waals surface area contributed by atoms with Crippen LogP contribution in [0.25, 0.3) is 0 Å². The number of quaternary nitrogens is 1. The van der Waals surface area contributed by atoms with Crippen molar-refractivity contribution in [3.63, 3.8) is 0 Å². The Labute approximate surface area is 438 Å². The van der Waals surface area contributed by atoms with Gasteiger partial charge < -0.3 is 28.8 Å². The number of nitrogens with one attached hydrogen (secondary N) is 1. The number of rotatable bonds is 51. The van der Waals surface area contributed by atoms with Crippen molar-refractivity contribution in [1.82, 2.24) is 5.32 Å². The van der Waals surface area contributed by atoms with E-state index in [1.165, 1.54) is 122 Å². The summed E-state index contributed by atoms with van der Waals surface area (Å²) in [6, 6.07) is -0.918. The molecule has 0 radical (unpaired) electrons. The number of allylic oxidation sites excluding steroid dienone is 17. The highest BCUT2D eigenvalue weighted by atomic mass is 31.2. The molecule has 0 aromatic heterocycles. The Morgan fingerprint density at radius 2 is 0.873 bits per heavy atom. The molecule has 9 heteroatoms. The van der Waals surface area contributed by atoms with Crippen molar-refractivity contribution >= 4 is 13.7 Å². The first-order valence-electron chi connectivity index (χ1n) is 28.7. The number of hydrogen-bond acceptors (Lipinski definition) is 6. The number of unbranched alkanes of at least 4 members (excludes halogenated alkanes) is 22. The van der Waals surface area contributed by atoms with E-state index in [1.54, 1.807) is 6.08 Å². The molecule has 3 unspecified atom stereocenters. The van der Waals surface area contributed by atoms with Crippen molar-refractivity contribution in [2.75, 3.05) is 40.9 Å². The highest BCUT2D eigenvalue weighted by Crippen LogP contribution is 2.38. The first-order valence-corrected chi connectivity index (χ1v) is 30.2. The lowest BCUT2D eigenvalue weighted by molar-refractivity contribution is -0.870. The average molecular weight is 1010 g/mol. The second-order valence-electron chi connectivity index (χ2n) is 20.2. The van der Waals surface area contributed by atoms with Gasteiger partial charge in [0.2, 0.25) is 5.91 Å². The van der Waals surface area contributed by atoms with E-state index >= 15 is 0 Å². The number of likely N-dealkylation sites (N-methyl/N-ethyl adjacent to an activating group) is 1. The number of carbonyl (C=O) groups excluding carboxylic acids is 1. The van der Waals surface area contributed by atoms with E-state index in [0.717, 1.165) is 83.5 Å². The minimum Gasteiger partial charge on any atom is -0.756 e. The third kappa shape index (κ3) is 54.8. The Balaban J connectivity index is 4.24. The Morgan fingerprint density at radius 3 is 1.31 bits per heavy atom. The molecular formula is C62H109N2O6P. The molecule has 0 heterocycles. The summed E-state index contributed by atoms with van der Waals surface area (Å²) in [6.45, 7) is 4.49. The second kappa shape index (κ2) is 52.0. The number of aliphatic hydroxyl groups is 1. The van der Waals surface area contributed by atoms with Crippen LogP contribution in [0.15, 0.2) is 109 Å². The number of aliphatic hydroxyl groups excluding tert-OH is 1. The molecule has 1 amide bonds. The van der Waals surface area contributed by atoms with Gasteiger partial charge in [-0.2, -0.15) is 0 Å². The fourth-order valence-corrected chi connectivity index (χ4v) is 8.44. The minimum absolute atomic E-state index is 0.0142. The molecule has 0 saturated heterocycles. The maximum absolute atomic E-state index is 13.0. The lowest BCUT2D eigenvalue weighted by Gasteiger charge is -2.29. The predicted molar refractivity (Wildman–Crippen MR) is 306 cm³/mol. The van der Waals surface area contributed by atoms with Crippen LogP contribution in [0.3, 0.4) is 0 Å². The van der Waals surface area contributed by atoms with Gasteiger partial charge in [-0.25, -0.2) is 0 Å². The van der Waals surface area contributed by atoms with Crippen LogP contribution in [0.1, 0.15) is 226 Å². The molecule has 3 atom stereocenters. The van der Waals surface area contributed by atoms with Crippen LogP contribution in [-0.4, -0.2) is 68.5 Å². The molecule has 0 aliphatic rings. The van der Waals surface area contributed by atoms with E-state index < -0.39 is 26.6 Å². The zero-order chi connectivity index (χ0) is 52.0. The third-order valence-electron chi connectivity index (χ3n) is 12.2. The molecular weight excluding hydrogens is 900 g/mol. The molecule has 0 spiro atoms. The molecule has 0 rings (SSSR count). The minimum atomic E-state index is -4.62. The van der Waals surface area contributed by atoms with Crippen molar-refractivity contribution in [1.29, 1.82) is 0 Å². The summed E-state index contributed by atoms with van der Waals surface area (Å²) in [5.74, 6) is -0.218. The monoisotopic (exact) mass is 1010 g/mol. The van der Waals surface area contributed by atoms with Gasteiger partial charge in [0.05, 0.1) is 39.9 Å². The number of amides is 1. The van der Waals surface area contributed by atoms with Crippen LogP contribution in [0.2, 0.25) is 0 Å². The van der Waals surface area contributed by atoms with Gasteiger partial charge in [0.15, 0.2) is 0 Å². The maximum atomic E-state index is 13.0. The van der Waals surface area contributed by atoms with Crippen LogP contribution < -0.4 is 10.2 Å². The topological polar surface area (TPSA) is 108 Å². The molecule has 0 aromatic rings. The van der Waals surface area contributed by atoms with Crippen molar-refractivity contribution in [2.24, 2.45) is 0 Å². The Morgan fingerprint density at radius 1 is 0.507 bits per heavy atom. The van der Waals surface area contributed by atoms with E-state index in [1.807, 2.05) is 27.2 Å². The van der Waals surface area contributed by atoms with Crippen LogP contribution in [0.4, 0.5) is 0 Å². The standard InChI is InChI=1S/C62H109N2O6P/c1-6-8-10-12-14-16-18-20-22-24-26-27-28-29-30-31-32-33-34-35-36-37-38-40-42-44-46-48-50-52-54-56-62(66)63-60(59-70-71(67,68)69-58-57-64(3,4)5)61(65)55-53-51-49-47-45-43-41-39-25-23-21-19-17-15-13-11-9-7-2/h8,10,14,16,20,22,25-27,29-30,32-33,39,45,47,53,55,60-61,65H,6-7,9,11-13,15,17-19,21,23-24,28,31,34-38,40-44,46,48-52,54,56-59H2,1-5H3,(H-,63,66,67,68)/b10-8-,16-14-,22-20-,27-26-,30-29-,33-32-,39-25+,47-45+,55-53+. The highest BCUT2D eigenvalue weighted by Gasteiger charge is 2.23. The number of phosphoric acid groups is 1. The van der Waals surface area contributed by atoms with Crippen LogP contribution >= 0.6 is 7.82 Å². The Hall–Kier alpha value is -2.84. The van der Waals surface area contributed by atoms with Gasteiger partial charge in [0.1, 0.15) is 13.2 Å². The van der Waals surface area contributed by atoms with Crippen molar-refractivity contribution in [3.8, 4) is 0 Å². The lowest BCUT2D eigenvalue weighted by Crippen LogP contribution is -2.45. The molecule has 408 valence electrons. The molecule has 0 bridgehead atoms. The maximum Gasteiger partial charge on any atom is 0.268 e. The smallest absolute Gasteiger partial charge is 0.268 e. The van der Waals surface area contributed by atoms with Crippen LogP contribution in [-0.2, 0) is 18.4 Å². The van der Waals surface area contributed by atoms with Gasteiger partial charge >= 0.3 is 0 Å². The zero-order valence-corrected chi connectivity index (χ0v) is 47.3. The number of nitrogens with zero attached hydrogens (tertiary/aromatic N) is 1. The Kier molecular flexibility index (Phi) is 50.0. The Bertz CT molecular complexity index is 1520. The van der Waals surface area contributed by atoms with Gasteiger partial charge in [-0.3, -0.25) is 9.36 Å². The number of phosphoric ester groups is 1.